The summed E-state index contributed by atoms with van der Waals surface area (Å²) in [7, 11) is -3.30. The van der Waals surface area contributed by atoms with Crippen molar-refractivity contribution in [2.24, 2.45) is 0 Å². The standard InChI is InChI=1S/C27H29ClF5N7O3S/c28-19-4-5-20-18(3-6-22(39-20)34-9-10-38-44(42,43)17-1-2-17)23(19)24(41)35-15-21(40-11-7-26(29,30)8-12-40)16-13-36-25(37-14-16)27(31,32)33/h3-6,13-14,17,21,38H,1-2,7-12,15H2,(H,34,39)(H,35,41). The van der Waals surface area contributed by atoms with E-state index in [1.54, 1.807) is 23.1 Å². The minimum atomic E-state index is -4.75. The number of pyridine rings is 1. The third-order valence-electron chi connectivity index (χ3n) is 7.48. The molecule has 1 aromatic carbocycles. The molecular formula is C27H29ClF5N7O3S. The lowest BCUT2D eigenvalue weighted by atomic mass is 10.0. The van der Waals surface area contributed by atoms with E-state index in [9.17, 15) is 35.2 Å². The fourth-order valence-corrected chi connectivity index (χ4v) is 6.57. The fourth-order valence-electron chi connectivity index (χ4n) is 4.94. The van der Waals surface area contributed by atoms with E-state index in [4.69, 9.17) is 11.6 Å². The first-order valence-corrected chi connectivity index (χ1v) is 15.8. The number of fused-ring (bicyclic) bond motifs is 1. The first kappa shape index (κ1) is 32.2. The number of nitrogens with one attached hydrogen (secondary N) is 3. The van der Waals surface area contributed by atoms with Crippen molar-refractivity contribution in [2.45, 2.75) is 49.1 Å². The van der Waals surface area contributed by atoms with E-state index in [0.29, 0.717) is 29.6 Å². The molecule has 10 nitrogen and oxygen atoms in total. The van der Waals surface area contributed by atoms with Crippen molar-refractivity contribution >= 4 is 44.3 Å². The number of anilines is 1. The van der Waals surface area contributed by atoms with Gasteiger partial charge in [-0.05, 0) is 37.1 Å². The van der Waals surface area contributed by atoms with Crippen molar-refractivity contribution < 1.29 is 35.2 Å². The van der Waals surface area contributed by atoms with Crippen LogP contribution < -0.4 is 15.4 Å². The third kappa shape index (κ3) is 7.71. The summed E-state index contributed by atoms with van der Waals surface area (Å²) in [5.74, 6) is -4.35. The number of amides is 1. The van der Waals surface area contributed by atoms with Crippen LogP contribution >= 0.6 is 11.6 Å². The van der Waals surface area contributed by atoms with Gasteiger partial charge < -0.3 is 10.6 Å². The second kappa shape index (κ2) is 12.7. The minimum absolute atomic E-state index is 0.0503. The molecule has 44 heavy (non-hydrogen) atoms. The lowest BCUT2D eigenvalue weighted by Gasteiger charge is -2.37. The molecule has 2 aromatic heterocycles. The number of nitrogens with zero attached hydrogens (tertiary/aromatic N) is 4. The summed E-state index contributed by atoms with van der Waals surface area (Å²) < 4.78 is 93.2. The molecule has 3 N–H and O–H groups in total. The Bertz CT molecular complexity index is 1610. The predicted molar refractivity (Wildman–Crippen MR) is 153 cm³/mol. The molecule has 0 spiro atoms. The number of sulfonamides is 1. The van der Waals surface area contributed by atoms with Crippen LogP contribution in [0.4, 0.5) is 27.8 Å². The number of alkyl halides is 5. The SMILES string of the molecule is O=C(NCC(c1cnc(C(F)(F)F)nc1)N1CCC(F)(F)CC1)c1c(Cl)ccc2nc(NCCNS(=O)(=O)C3CC3)ccc12. The highest BCUT2D eigenvalue weighted by Crippen LogP contribution is 2.33. The van der Waals surface area contributed by atoms with Crippen molar-refractivity contribution in [1.82, 2.24) is 29.9 Å². The Morgan fingerprint density at radius 1 is 1.07 bits per heavy atom. The van der Waals surface area contributed by atoms with Crippen molar-refractivity contribution in [3.8, 4) is 0 Å². The zero-order chi connectivity index (χ0) is 31.7. The molecule has 3 heterocycles. The van der Waals surface area contributed by atoms with Crippen LogP contribution in [-0.2, 0) is 16.2 Å². The smallest absolute Gasteiger partial charge is 0.369 e. The summed E-state index contributed by atoms with van der Waals surface area (Å²) in [5.41, 5.74) is 0.756. The highest BCUT2D eigenvalue weighted by molar-refractivity contribution is 7.90. The van der Waals surface area contributed by atoms with E-state index in [1.165, 1.54) is 6.07 Å². The van der Waals surface area contributed by atoms with Crippen LogP contribution in [-0.4, -0.2) is 78.1 Å². The zero-order valence-corrected chi connectivity index (χ0v) is 24.7. The molecule has 0 radical (unpaired) electrons. The van der Waals surface area contributed by atoms with E-state index in [1.807, 2.05) is 0 Å². The van der Waals surface area contributed by atoms with E-state index in [-0.39, 0.29) is 54.1 Å². The van der Waals surface area contributed by atoms with Gasteiger partial charge in [-0.15, -0.1) is 0 Å². The molecule has 1 unspecified atom stereocenters. The van der Waals surface area contributed by atoms with E-state index in [0.717, 1.165) is 12.4 Å². The van der Waals surface area contributed by atoms with Crippen molar-refractivity contribution in [1.29, 1.82) is 0 Å². The first-order chi connectivity index (χ1) is 20.7. The lowest BCUT2D eigenvalue weighted by molar-refractivity contribution is -0.145. The van der Waals surface area contributed by atoms with Gasteiger partial charge in [-0.2, -0.15) is 13.2 Å². The summed E-state index contributed by atoms with van der Waals surface area (Å²) in [6.45, 7) is 0.210. The highest BCUT2D eigenvalue weighted by atomic mass is 35.5. The monoisotopic (exact) mass is 661 g/mol. The Labute approximate surface area is 254 Å². The number of carbonyl (C=O) groups excluding carboxylic acids is 1. The number of hydrogen-bond donors (Lipinski definition) is 3. The summed E-state index contributed by atoms with van der Waals surface area (Å²) in [6.07, 6.45) is -2.34. The van der Waals surface area contributed by atoms with E-state index >= 15 is 0 Å². The summed E-state index contributed by atoms with van der Waals surface area (Å²) in [5, 5.41) is 5.99. The van der Waals surface area contributed by atoms with E-state index in [2.05, 4.69) is 30.3 Å². The first-order valence-electron chi connectivity index (χ1n) is 13.8. The minimum Gasteiger partial charge on any atom is -0.369 e. The molecule has 1 aliphatic carbocycles. The average molecular weight is 662 g/mol. The van der Waals surface area contributed by atoms with Gasteiger partial charge >= 0.3 is 6.18 Å². The molecular weight excluding hydrogens is 633 g/mol. The van der Waals surface area contributed by atoms with Crippen molar-refractivity contribution in [3.63, 3.8) is 0 Å². The van der Waals surface area contributed by atoms with Gasteiger partial charge in [0.2, 0.25) is 15.8 Å². The van der Waals surface area contributed by atoms with Crippen LogP contribution in [0, 0.1) is 0 Å². The Hall–Kier alpha value is -3.21. The molecule has 1 saturated heterocycles. The van der Waals surface area contributed by atoms with Crippen molar-refractivity contribution in [3.05, 3.63) is 58.6 Å². The summed E-state index contributed by atoms with van der Waals surface area (Å²) in [4.78, 5) is 26.3. The molecule has 238 valence electrons. The second-order valence-electron chi connectivity index (χ2n) is 10.7. The third-order valence-corrected chi connectivity index (χ3v) is 9.75. The normalized spacial score (nSPS) is 18.2. The van der Waals surface area contributed by atoms with Crippen LogP contribution in [0.2, 0.25) is 5.02 Å². The lowest BCUT2D eigenvalue weighted by Crippen LogP contribution is -2.45. The topological polar surface area (TPSA) is 129 Å². The number of likely N-dealkylation sites (tertiary alicyclic amines) is 1. The molecule has 1 saturated carbocycles. The Kier molecular flexibility index (Phi) is 9.26. The van der Waals surface area contributed by atoms with E-state index < -0.39 is 52.7 Å². The Morgan fingerprint density at radius 3 is 2.39 bits per heavy atom. The molecule has 3 aromatic rings. The van der Waals surface area contributed by atoms with Crippen molar-refractivity contribution in [2.75, 3.05) is 38.0 Å². The fraction of sp³-hybridized carbons (Fsp3) is 0.481. The maximum atomic E-state index is 13.9. The molecule has 0 bridgehead atoms. The van der Waals surface area contributed by atoms with Gasteiger partial charge in [0.15, 0.2) is 0 Å². The van der Waals surface area contributed by atoms with Gasteiger partial charge in [0.1, 0.15) is 5.82 Å². The number of hydrogen-bond acceptors (Lipinski definition) is 8. The predicted octanol–water partition coefficient (Wildman–Crippen LogP) is 4.39. The van der Waals surface area contributed by atoms with Gasteiger partial charge in [-0.25, -0.2) is 36.9 Å². The Morgan fingerprint density at radius 2 is 1.75 bits per heavy atom. The molecule has 2 fully saturated rings. The second-order valence-corrected chi connectivity index (χ2v) is 13.2. The van der Waals surface area contributed by atoms with Gasteiger partial charge in [-0.3, -0.25) is 9.69 Å². The number of benzene rings is 1. The number of carbonyl (C=O) groups is 1. The van der Waals surface area contributed by atoms with Crippen LogP contribution in [0.25, 0.3) is 10.9 Å². The maximum Gasteiger partial charge on any atom is 0.451 e. The highest BCUT2D eigenvalue weighted by Gasteiger charge is 2.38. The van der Waals surface area contributed by atoms with Crippen LogP contribution in [0.5, 0.6) is 0 Å². The summed E-state index contributed by atoms with van der Waals surface area (Å²) >= 11 is 6.40. The number of rotatable bonds is 11. The van der Waals surface area contributed by atoms with Gasteiger partial charge in [0.05, 0.1) is 27.4 Å². The number of piperidine rings is 1. The number of halogens is 6. The Balaban J connectivity index is 1.29. The average Bonchev–Trinajstić information content (AvgIpc) is 3.82. The van der Waals surface area contributed by atoms with Gasteiger partial charge in [0.25, 0.3) is 11.8 Å². The molecule has 1 amide bonds. The molecule has 5 rings (SSSR count). The zero-order valence-electron chi connectivity index (χ0n) is 23.2. The summed E-state index contributed by atoms with van der Waals surface area (Å²) in [6, 6.07) is 5.57. The van der Waals surface area contributed by atoms with Crippen LogP contribution in [0.3, 0.4) is 0 Å². The van der Waals surface area contributed by atoms with Crippen LogP contribution in [0.15, 0.2) is 36.7 Å². The molecule has 2 aliphatic rings. The van der Waals surface area contributed by atoms with Crippen LogP contribution in [0.1, 0.15) is 53.5 Å². The molecule has 1 aliphatic heterocycles. The quantitative estimate of drug-likeness (QED) is 0.204. The van der Waals surface area contributed by atoms with Gasteiger partial charge in [-0.1, -0.05) is 11.6 Å². The van der Waals surface area contributed by atoms with Gasteiger partial charge in [0, 0.05) is 68.9 Å². The molecule has 17 heteroatoms. The maximum absolute atomic E-state index is 13.9. The largest absolute Gasteiger partial charge is 0.451 e. The molecule has 1 atom stereocenters. The number of aromatic nitrogens is 3.